The van der Waals surface area contributed by atoms with E-state index in [-0.39, 0.29) is 29.5 Å². The van der Waals surface area contributed by atoms with Crippen LogP contribution in [0.3, 0.4) is 0 Å². The Bertz CT molecular complexity index is 772. The van der Waals surface area contributed by atoms with Crippen molar-refractivity contribution in [1.29, 1.82) is 0 Å². The Morgan fingerprint density at radius 3 is 2.32 bits per heavy atom. The first-order valence-electron chi connectivity index (χ1n) is 9.57. The number of carbonyl (C=O) groups is 1. The van der Waals surface area contributed by atoms with Crippen LogP contribution in [0, 0.1) is 0 Å². The van der Waals surface area contributed by atoms with E-state index in [0.717, 1.165) is 6.07 Å². The maximum Gasteiger partial charge on any atom is 0.229 e. The first kappa shape index (κ1) is 23.8. The number of aliphatic hydroxyl groups excluding tert-OH is 6. The van der Waals surface area contributed by atoms with E-state index < -0.39 is 61.9 Å². The molecule has 2 heterocycles. The molecule has 7 N–H and O–H groups in total. The van der Waals surface area contributed by atoms with E-state index in [1.165, 1.54) is 19.1 Å². The fourth-order valence-corrected chi connectivity index (χ4v) is 3.28. The molecule has 1 aromatic carbocycles. The third kappa shape index (κ3) is 5.14. The normalized spacial score (nSPS) is 38.6. The number of aromatic hydroxyl groups is 1. The van der Waals surface area contributed by atoms with Crippen molar-refractivity contribution < 1.29 is 59.5 Å². The lowest BCUT2D eigenvalue weighted by Crippen LogP contribution is -2.61. The Hall–Kier alpha value is -1.87. The minimum atomic E-state index is -1.68. The highest BCUT2D eigenvalue weighted by molar-refractivity contribution is 5.96. The lowest BCUT2D eigenvalue weighted by molar-refractivity contribution is -0.307. The molecule has 0 radical (unpaired) electrons. The number of benzene rings is 1. The number of phenols is 1. The van der Waals surface area contributed by atoms with Crippen molar-refractivity contribution in [2.24, 2.45) is 0 Å². The summed E-state index contributed by atoms with van der Waals surface area (Å²) in [5.41, 5.74) is 0.0672. The third-order valence-corrected chi connectivity index (χ3v) is 5.15. The quantitative estimate of drug-likeness (QED) is 0.223. The summed E-state index contributed by atoms with van der Waals surface area (Å²) in [6.07, 6.45) is -13.3. The molecule has 0 bridgehead atoms. The van der Waals surface area contributed by atoms with Gasteiger partial charge in [0.1, 0.15) is 54.2 Å². The molecule has 0 aliphatic carbocycles. The van der Waals surface area contributed by atoms with Gasteiger partial charge in [-0.2, -0.15) is 0 Å². The Morgan fingerprint density at radius 2 is 1.68 bits per heavy atom. The largest absolute Gasteiger partial charge is 0.507 e. The van der Waals surface area contributed by atoms with Crippen molar-refractivity contribution in [3.63, 3.8) is 0 Å². The number of rotatable bonds is 6. The molecule has 3 rings (SSSR count). The SMILES string of the molecule is CC(=O)c1ccc(OC2OC(COC3OCC(O)C(O)C3O)C(O)C(O)C2O)cc1O. The average molecular weight is 446 g/mol. The lowest BCUT2D eigenvalue weighted by Gasteiger charge is -2.41. The van der Waals surface area contributed by atoms with Crippen LogP contribution in [-0.2, 0) is 14.2 Å². The number of ketones is 1. The molecule has 12 heteroatoms. The van der Waals surface area contributed by atoms with Gasteiger partial charge in [-0.15, -0.1) is 0 Å². The molecule has 0 amide bonds. The fraction of sp³-hybridized carbons (Fsp3) is 0.632. The highest BCUT2D eigenvalue weighted by atomic mass is 16.7. The number of hydrogen-bond donors (Lipinski definition) is 7. The second-order valence-electron chi connectivity index (χ2n) is 7.45. The van der Waals surface area contributed by atoms with Gasteiger partial charge in [0.2, 0.25) is 6.29 Å². The number of carbonyl (C=O) groups excluding carboxylic acids is 1. The molecule has 0 saturated carbocycles. The Kier molecular flexibility index (Phi) is 7.47. The number of Topliss-reactive ketones (excluding diaryl/α,β-unsaturated/α-hetero) is 1. The number of hydrogen-bond acceptors (Lipinski definition) is 12. The molecule has 2 aliphatic rings. The summed E-state index contributed by atoms with van der Waals surface area (Å²) in [4.78, 5) is 11.4. The predicted octanol–water partition coefficient (Wildman–Crippen LogP) is -2.76. The van der Waals surface area contributed by atoms with Gasteiger partial charge in [0.05, 0.1) is 18.8 Å². The van der Waals surface area contributed by atoms with Gasteiger partial charge < -0.3 is 54.7 Å². The number of aliphatic hydroxyl groups is 6. The first-order chi connectivity index (χ1) is 14.6. The highest BCUT2D eigenvalue weighted by Crippen LogP contribution is 2.29. The van der Waals surface area contributed by atoms with Gasteiger partial charge in [0.15, 0.2) is 12.1 Å². The smallest absolute Gasteiger partial charge is 0.229 e. The molecule has 9 atom stereocenters. The zero-order valence-electron chi connectivity index (χ0n) is 16.5. The van der Waals surface area contributed by atoms with Crippen molar-refractivity contribution in [3.8, 4) is 11.5 Å². The van der Waals surface area contributed by atoms with Crippen LogP contribution in [0.4, 0.5) is 0 Å². The van der Waals surface area contributed by atoms with Crippen LogP contribution < -0.4 is 4.74 Å². The van der Waals surface area contributed by atoms with Crippen molar-refractivity contribution in [2.45, 2.75) is 62.2 Å². The van der Waals surface area contributed by atoms with Crippen LogP contribution >= 0.6 is 0 Å². The van der Waals surface area contributed by atoms with Crippen LogP contribution in [0.5, 0.6) is 11.5 Å². The number of ether oxygens (including phenoxy) is 4. The van der Waals surface area contributed by atoms with E-state index in [2.05, 4.69) is 0 Å². The van der Waals surface area contributed by atoms with Crippen molar-refractivity contribution >= 4 is 5.78 Å². The van der Waals surface area contributed by atoms with Gasteiger partial charge in [-0.1, -0.05) is 0 Å². The molecular formula is C19H26O12. The van der Waals surface area contributed by atoms with Crippen LogP contribution in [0.15, 0.2) is 18.2 Å². The zero-order chi connectivity index (χ0) is 22.9. The van der Waals surface area contributed by atoms with Gasteiger partial charge >= 0.3 is 0 Å². The second-order valence-corrected chi connectivity index (χ2v) is 7.45. The summed E-state index contributed by atoms with van der Waals surface area (Å²) < 4.78 is 21.3. The van der Waals surface area contributed by atoms with Gasteiger partial charge in [0, 0.05) is 6.07 Å². The van der Waals surface area contributed by atoms with E-state index in [4.69, 9.17) is 18.9 Å². The molecule has 174 valence electrons. The van der Waals surface area contributed by atoms with E-state index in [1.807, 2.05) is 0 Å². The van der Waals surface area contributed by atoms with Crippen LogP contribution in [0.1, 0.15) is 17.3 Å². The van der Waals surface area contributed by atoms with Crippen LogP contribution in [0.2, 0.25) is 0 Å². The molecular weight excluding hydrogens is 420 g/mol. The monoisotopic (exact) mass is 446 g/mol. The maximum absolute atomic E-state index is 11.4. The molecule has 31 heavy (non-hydrogen) atoms. The molecule has 2 fully saturated rings. The molecule has 0 aromatic heterocycles. The molecule has 9 unspecified atom stereocenters. The van der Waals surface area contributed by atoms with Crippen LogP contribution in [-0.4, -0.2) is 110 Å². The molecule has 2 aliphatic heterocycles. The van der Waals surface area contributed by atoms with E-state index in [1.54, 1.807) is 0 Å². The minimum absolute atomic E-state index is 0.0259. The minimum Gasteiger partial charge on any atom is -0.507 e. The van der Waals surface area contributed by atoms with Crippen LogP contribution in [0.25, 0.3) is 0 Å². The Balaban J connectivity index is 1.65. The topological polar surface area (TPSA) is 196 Å². The fourth-order valence-electron chi connectivity index (χ4n) is 3.28. The Labute approximate surface area is 176 Å². The van der Waals surface area contributed by atoms with E-state index in [0.29, 0.717) is 0 Å². The zero-order valence-corrected chi connectivity index (χ0v) is 16.5. The predicted molar refractivity (Wildman–Crippen MR) is 99.1 cm³/mol. The van der Waals surface area contributed by atoms with Gasteiger partial charge in [0.25, 0.3) is 0 Å². The van der Waals surface area contributed by atoms with Gasteiger partial charge in [-0.25, -0.2) is 0 Å². The highest BCUT2D eigenvalue weighted by Gasteiger charge is 2.46. The van der Waals surface area contributed by atoms with E-state index >= 15 is 0 Å². The van der Waals surface area contributed by atoms with Gasteiger partial charge in [-0.3, -0.25) is 4.79 Å². The van der Waals surface area contributed by atoms with Crippen molar-refractivity contribution in [1.82, 2.24) is 0 Å². The van der Waals surface area contributed by atoms with Crippen molar-refractivity contribution in [2.75, 3.05) is 13.2 Å². The Morgan fingerprint density at radius 1 is 1.00 bits per heavy atom. The molecule has 0 spiro atoms. The summed E-state index contributed by atoms with van der Waals surface area (Å²) in [7, 11) is 0. The second kappa shape index (κ2) is 9.73. The first-order valence-corrected chi connectivity index (χ1v) is 9.57. The average Bonchev–Trinajstić information content (AvgIpc) is 2.72. The molecule has 1 aromatic rings. The summed E-state index contributed by atoms with van der Waals surface area (Å²) in [5, 5.41) is 69.5. The number of phenolic OH excluding ortho intramolecular Hbond substituents is 1. The van der Waals surface area contributed by atoms with Gasteiger partial charge in [-0.05, 0) is 19.1 Å². The third-order valence-electron chi connectivity index (χ3n) is 5.15. The molecule has 2 saturated heterocycles. The summed E-state index contributed by atoms with van der Waals surface area (Å²) in [6, 6.07) is 3.80. The maximum atomic E-state index is 11.4. The molecule has 12 nitrogen and oxygen atoms in total. The standard InChI is InChI=1S/C19H26O12/c1-7(20)9-3-2-8(4-10(9)21)30-19-17(27)15(25)14(24)12(31-19)6-29-18-16(26)13(23)11(22)5-28-18/h2-4,11-19,21-27H,5-6H2,1H3. The van der Waals surface area contributed by atoms with E-state index in [9.17, 15) is 40.5 Å². The summed E-state index contributed by atoms with van der Waals surface area (Å²) in [6.45, 7) is 0.562. The summed E-state index contributed by atoms with van der Waals surface area (Å²) >= 11 is 0. The lowest BCUT2D eigenvalue weighted by atomic mass is 9.99. The summed E-state index contributed by atoms with van der Waals surface area (Å²) in [5.74, 6) is -0.684. The van der Waals surface area contributed by atoms with Crippen molar-refractivity contribution in [3.05, 3.63) is 23.8 Å².